The predicted molar refractivity (Wildman–Crippen MR) is 79.2 cm³/mol. The van der Waals surface area contributed by atoms with Crippen molar-refractivity contribution < 1.29 is 42.5 Å². The van der Waals surface area contributed by atoms with E-state index in [4.69, 9.17) is 25.2 Å². The molecule has 4 atom stereocenters. The minimum absolute atomic E-state index is 0.144. The number of aliphatic hydroxyl groups is 1. The van der Waals surface area contributed by atoms with E-state index >= 15 is 0 Å². The van der Waals surface area contributed by atoms with Gasteiger partial charge >= 0.3 is 21.3 Å². The maximum absolute atomic E-state index is 11.7. The third-order valence-corrected chi connectivity index (χ3v) is 5.27. The van der Waals surface area contributed by atoms with E-state index < -0.39 is 51.9 Å². The normalized spacial score (nSPS) is 26.5. The van der Waals surface area contributed by atoms with Gasteiger partial charge in [-0.25, -0.2) is 13.9 Å². The van der Waals surface area contributed by atoms with Crippen molar-refractivity contribution in [3.05, 3.63) is 27.0 Å². The molecule has 0 saturated carbocycles. The maximum Gasteiger partial charge on any atom is 0.481 e. The molecule has 0 aliphatic carbocycles. The second-order valence-corrected chi connectivity index (χ2v) is 7.85. The van der Waals surface area contributed by atoms with Gasteiger partial charge in [-0.1, -0.05) is 0 Å². The van der Waals surface area contributed by atoms with Crippen LogP contribution >= 0.6 is 15.6 Å². The first-order chi connectivity index (χ1) is 11.4. The Balaban J connectivity index is 2.06. The van der Waals surface area contributed by atoms with E-state index in [2.05, 4.69) is 8.83 Å². The Bertz CT molecular complexity index is 844. The zero-order chi connectivity index (χ0) is 19.0. The van der Waals surface area contributed by atoms with Crippen molar-refractivity contribution in [1.29, 1.82) is 0 Å². The number of aromatic nitrogens is 2. The molecule has 1 saturated heterocycles. The number of ether oxygens (including phenoxy) is 1. The molecule has 2 rings (SSSR count). The monoisotopic (exact) mass is 403 g/mol. The fraction of sp³-hybridized carbons (Fsp3) is 0.556. The van der Waals surface area contributed by atoms with E-state index in [9.17, 15) is 23.8 Å². The molecular formula is C9H15N3O11P2. The summed E-state index contributed by atoms with van der Waals surface area (Å²) in [5.74, 6) is 0. The molecule has 14 nitrogen and oxygen atoms in total. The Labute approximate surface area is 138 Å². The number of aliphatic hydroxyl groups excluding tert-OH is 1. The molecule has 2 unspecified atom stereocenters. The molecule has 0 amide bonds. The quantitative estimate of drug-likeness (QED) is 0.284. The second-order valence-electron chi connectivity index (χ2n) is 5.02. The van der Waals surface area contributed by atoms with Crippen molar-refractivity contribution in [2.45, 2.75) is 24.9 Å². The van der Waals surface area contributed by atoms with Crippen LogP contribution in [0.2, 0.25) is 0 Å². The molecule has 7 N–H and O–H groups in total. The van der Waals surface area contributed by atoms with Crippen molar-refractivity contribution in [2.75, 3.05) is 12.3 Å². The number of rotatable bonds is 6. The van der Waals surface area contributed by atoms with Crippen LogP contribution in [0.4, 0.5) is 5.69 Å². The van der Waals surface area contributed by atoms with Gasteiger partial charge in [0.25, 0.3) is 5.56 Å². The number of nitrogens with two attached hydrogens (primary N) is 1. The largest absolute Gasteiger partial charge is 0.481 e. The zero-order valence-corrected chi connectivity index (χ0v) is 14.1. The van der Waals surface area contributed by atoms with Gasteiger partial charge in [-0.15, -0.1) is 0 Å². The topological polar surface area (TPSA) is 224 Å². The molecule has 1 fully saturated rings. The summed E-state index contributed by atoms with van der Waals surface area (Å²) in [4.78, 5) is 51.0. The molecule has 0 spiro atoms. The Hall–Kier alpha value is -1.34. The molecule has 1 aliphatic heterocycles. The van der Waals surface area contributed by atoms with Gasteiger partial charge in [0.1, 0.15) is 18.0 Å². The van der Waals surface area contributed by atoms with Crippen LogP contribution in [0, 0.1) is 0 Å². The summed E-state index contributed by atoms with van der Waals surface area (Å²) < 4.78 is 36.0. The smallest absolute Gasteiger partial charge is 0.393 e. The first-order valence-electron chi connectivity index (χ1n) is 6.56. The minimum Gasteiger partial charge on any atom is -0.393 e. The van der Waals surface area contributed by atoms with E-state index in [0.29, 0.717) is 0 Å². The SMILES string of the molecule is Nc1cn([C@@H]2CC(O)[C@H](COP(=O)(O)OP(=O)(O)O)O2)c(=O)[nH]c1=O. The van der Waals surface area contributed by atoms with Gasteiger partial charge < -0.3 is 30.3 Å². The van der Waals surface area contributed by atoms with Crippen molar-refractivity contribution in [3.63, 3.8) is 0 Å². The highest BCUT2D eigenvalue weighted by Crippen LogP contribution is 2.57. The van der Waals surface area contributed by atoms with Gasteiger partial charge in [-0.05, 0) is 0 Å². The number of anilines is 1. The lowest BCUT2D eigenvalue weighted by atomic mass is 10.2. The van der Waals surface area contributed by atoms with Crippen LogP contribution in [-0.4, -0.2) is 48.2 Å². The van der Waals surface area contributed by atoms with Crippen LogP contribution in [0.1, 0.15) is 12.6 Å². The highest BCUT2D eigenvalue weighted by atomic mass is 31.3. The van der Waals surface area contributed by atoms with Gasteiger partial charge in [0, 0.05) is 12.6 Å². The summed E-state index contributed by atoms with van der Waals surface area (Å²) in [6.45, 7) is -0.765. The predicted octanol–water partition coefficient (Wildman–Crippen LogP) is -2.01. The van der Waals surface area contributed by atoms with Crippen molar-refractivity contribution in [3.8, 4) is 0 Å². The zero-order valence-electron chi connectivity index (χ0n) is 12.3. The number of nitrogen functional groups attached to an aromatic ring is 1. The minimum atomic E-state index is -5.27. The van der Waals surface area contributed by atoms with E-state index in [-0.39, 0.29) is 12.1 Å². The highest BCUT2D eigenvalue weighted by molar-refractivity contribution is 7.60. The standard InChI is InChI=1S/C9H15N3O11P2/c10-4-2-12(9(15)11-8(4)14)7-1-5(13)6(22-7)3-21-25(19,20)23-24(16,17)18/h2,5-7,13H,1,3,10H2,(H,19,20)(H,11,14,15)(H2,16,17,18)/t5?,6-,7-/m0/s1. The van der Waals surface area contributed by atoms with Crippen LogP contribution in [0.3, 0.4) is 0 Å². The number of hydrogen-bond acceptors (Lipinski definition) is 9. The molecule has 0 radical (unpaired) electrons. The Morgan fingerprint density at radius 1 is 1.36 bits per heavy atom. The molecule has 1 aromatic heterocycles. The van der Waals surface area contributed by atoms with E-state index in [1.165, 1.54) is 0 Å². The Morgan fingerprint density at radius 3 is 2.60 bits per heavy atom. The fourth-order valence-electron chi connectivity index (χ4n) is 2.08. The maximum atomic E-state index is 11.7. The van der Waals surface area contributed by atoms with E-state index in [0.717, 1.165) is 10.8 Å². The van der Waals surface area contributed by atoms with Crippen LogP contribution < -0.4 is 17.0 Å². The summed E-state index contributed by atoms with van der Waals surface area (Å²) >= 11 is 0. The average Bonchev–Trinajstić information content (AvgIpc) is 2.79. The number of nitrogens with one attached hydrogen (secondary N) is 1. The van der Waals surface area contributed by atoms with Crippen molar-refractivity contribution >= 4 is 21.3 Å². The fourth-order valence-corrected chi connectivity index (χ4v) is 3.68. The first kappa shape index (κ1) is 20.0. The van der Waals surface area contributed by atoms with Gasteiger partial charge in [0.2, 0.25) is 0 Å². The van der Waals surface area contributed by atoms with Gasteiger partial charge in [-0.2, -0.15) is 4.31 Å². The Morgan fingerprint density at radius 2 is 2.00 bits per heavy atom. The molecule has 2 heterocycles. The third-order valence-electron chi connectivity index (χ3n) is 3.12. The van der Waals surface area contributed by atoms with Crippen LogP contribution in [0.25, 0.3) is 0 Å². The summed E-state index contributed by atoms with van der Waals surface area (Å²) in [5.41, 5.74) is 3.48. The van der Waals surface area contributed by atoms with Crippen LogP contribution in [0.15, 0.2) is 15.8 Å². The molecule has 16 heteroatoms. The number of phosphoric acid groups is 2. The number of H-pyrrole nitrogens is 1. The molecule has 25 heavy (non-hydrogen) atoms. The lowest BCUT2D eigenvalue weighted by Gasteiger charge is -2.18. The molecule has 142 valence electrons. The lowest BCUT2D eigenvalue weighted by molar-refractivity contribution is -0.0449. The van der Waals surface area contributed by atoms with E-state index in [1.807, 2.05) is 4.98 Å². The lowest BCUT2D eigenvalue weighted by Crippen LogP contribution is -2.33. The third kappa shape index (κ3) is 5.31. The van der Waals surface area contributed by atoms with Gasteiger partial charge in [0.15, 0.2) is 0 Å². The number of aromatic amines is 1. The summed E-state index contributed by atoms with van der Waals surface area (Å²) in [6.07, 6.45) is -2.66. The first-order valence-corrected chi connectivity index (χ1v) is 9.59. The molecule has 0 bridgehead atoms. The average molecular weight is 403 g/mol. The summed E-state index contributed by atoms with van der Waals surface area (Å²) in [5, 5.41) is 9.88. The number of hydrogen-bond donors (Lipinski definition) is 6. The van der Waals surface area contributed by atoms with Crippen molar-refractivity contribution in [2.24, 2.45) is 0 Å². The number of phosphoric ester groups is 1. The molecule has 0 aromatic carbocycles. The molecule has 1 aliphatic rings. The second kappa shape index (κ2) is 7.11. The Kier molecular flexibility index (Phi) is 5.68. The highest BCUT2D eigenvalue weighted by Gasteiger charge is 2.39. The molecule has 1 aromatic rings. The molecular weight excluding hydrogens is 388 g/mol. The van der Waals surface area contributed by atoms with Gasteiger partial charge in [-0.3, -0.25) is 18.9 Å². The number of nitrogens with zero attached hydrogens (tertiary/aromatic N) is 1. The van der Waals surface area contributed by atoms with Crippen LogP contribution in [0.5, 0.6) is 0 Å². The van der Waals surface area contributed by atoms with Crippen molar-refractivity contribution in [1.82, 2.24) is 9.55 Å². The summed E-state index contributed by atoms with van der Waals surface area (Å²) in [6, 6.07) is 0. The van der Waals surface area contributed by atoms with Gasteiger partial charge in [0.05, 0.1) is 12.7 Å². The summed E-state index contributed by atoms with van der Waals surface area (Å²) in [7, 11) is -10.4. The van der Waals surface area contributed by atoms with Crippen LogP contribution in [-0.2, 0) is 22.7 Å². The van der Waals surface area contributed by atoms with E-state index in [1.54, 1.807) is 0 Å².